The lowest BCUT2D eigenvalue weighted by atomic mass is 9.95. The van der Waals surface area contributed by atoms with Crippen LogP contribution in [0.15, 0.2) is 73.2 Å². The lowest BCUT2D eigenvalue weighted by Crippen LogP contribution is -2.28. The molecule has 1 N–H and O–H groups in total. The van der Waals surface area contributed by atoms with Gasteiger partial charge in [-0.1, -0.05) is 29.8 Å². The zero-order valence-electron chi connectivity index (χ0n) is 14.5. The van der Waals surface area contributed by atoms with E-state index in [1.165, 1.54) is 0 Å². The van der Waals surface area contributed by atoms with E-state index in [1.54, 1.807) is 6.20 Å². The van der Waals surface area contributed by atoms with Gasteiger partial charge in [0.05, 0.1) is 0 Å². The molecule has 0 saturated carbocycles. The number of hydrogen-bond acceptors (Lipinski definition) is 2. The maximum Gasteiger partial charge on any atom is 0.220 e. The molecule has 1 atom stereocenters. The Morgan fingerprint density at radius 1 is 1.08 bits per heavy atom. The molecule has 3 aromatic rings. The van der Waals surface area contributed by atoms with E-state index in [0.717, 1.165) is 24.2 Å². The highest BCUT2D eigenvalue weighted by Gasteiger charge is 2.16. The Labute approximate surface area is 158 Å². The van der Waals surface area contributed by atoms with Crippen molar-refractivity contribution in [1.82, 2.24) is 14.9 Å². The monoisotopic (exact) mass is 367 g/mol. The average Bonchev–Trinajstić information content (AvgIpc) is 3.16. The molecule has 0 bridgehead atoms. The summed E-state index contributed by atoms with van der Waals surface area (Å²) in [6.45, 7) is 1.34. The number of pyridine rings is 1. The minimum Gasteiger partial charge on any atom is -0.356 e. The molecular weight excluding hydrogens is 346 g/mol. The first-order valence-electron chi connectivity index (χ1n) is 8.73. The van der Waals surface area contributed by atoms with Crippen molar-refractivity contribution in [3.05, 3.63) is 89.5 Å². The van der Waals surface area contributed by atoms with Crippen molar-refractivity contribution in [3.63, 3.8) is 0 Å². The number of rotatable bonds is 8. The van der Waals surface area contributed by atoms with E-state index in [9.17, 15) is 4.79 Å². The molecule has 0 aliphatic rings. The number of carbonyl (C=O) groups excluding carboxylic acids is 1. The highest BCUT2D eigenvalue weighted by atomic mass is 35.5. The third-order valence-corrected chi connectivity index (χ3v) is 4.55. The fourth-order valence-electron chi connectivity index (χ4n) is 2.94. The third kappa shape index (κ3) is 5.46. The van der Waals surface area contributed by atoms with Crippen molar-refractivity contribution < 1.29 is 4.79 Å². The molecule has 0 aliphatic heterocycles. The molecule has 0 unspecified atom stereocenters. The normalized spacial score (nSPS) is 11.9. The number of amides is 1. The molecule has 0 fully saturated rings. The first-order valence-corrected chi connectivity index (χ1v) is 9.11. The Bertz CT molecular complexity index is 801. The lowest BCUT2D eigenvalue weighted by molar-refractivity contribution is -0.121. The summed E-state index contributed by atoms with van der Waals surface area (Å²) >= 11 is 6.00. The van der Waals surface area contributed by atoms with Crippen LogP contribution in [0.1, 0.15) is 23.6 Å². The quantitative estimate of drug-likeness (QED) is 0.652. The summed E-state index contributed by atoms with van der Waals surface area (Å²) in [6, 6.07) is 17.5. The smallest absolute Gasteiger partial charge is 0.220 e. The molecule has 0 aliphatic carbocycles. The van der Waals surface area contributed by atoms with E-state index < -0.39 is 0 Å². The molecule has 0 saturated heterocycles. The fourth-order valence-corrected chi connectivity index (χ4v) is 3.07. The summed E-state index contributed by atoms with van der Waals surface area (Å²) in [5.74, 6) is 0.141. The largest absolute Gasteiger partial charge is 0.356 e. The Morgan fingerprint density at radius 3 is 2.54 bits per heavy atom. The van der Waals surface area contributed by atoms with Gasteiger partial charge in [0.2, 0.25) is 5.91 Å². The van der Waals surface area contributed by atoms with E-state index in [-0.39, 0.29) is 11.8 Å². The summed E-state index contributed by atoms with van der Waals surface area (Å²) in [5, 5.41) is 3.71. The molecule has 1 amide bonds. The molecule has 1 aromatic carbocycles. The van der Waals surface area contributed by atoms with Gasteiger partial charge in [-0.2, -0.15) is 0 Å². The minimum atomic E-state index is 0.0491. The highest BCUT2D eigenvalue weighted by Crippen LogP contribution is 2.23. The average molecular weight is 368 g/mol. The van der Waals surface area contributed by atoms with Crippen molar-refractivity contribution in [2.45, 2.75) is 25.3 Å². The summed E-state index contributed by atoms with van der Waals surface area (Å²) in [7, 11) is 0. The van der Waals surface area contributed by atoms with Crippen LogP contribution in [-0.2, 0) is 17.8 Å². The Balaban J connectivity index is 1.59. The minimum absolute atomic E-state index is 0.0491. The van der Waals surface area contributed by atoms with E-state index in [2.05, 4.69) is 14.9 Å². The van der Waals surface area contributed by atoms with Gasteiger partial charge in [0.15, 0.2) is 0 Å². The van der Waals surface area contributed by atoms with Crippen molar-refractivity contribution in [1.29, 1.82) is 0 Å². The van der Waals surface area contributed by atoms with E-state index in [4.69, 9.17) is 11.6 Å². The van der Waals surface area contributed by atoms with Crippen LogP contribution in [0, 0.1) is 0 Å². The molecule has 4 nitrogen and oxygen atoms in total. The number of carbonyl (C=O) groups is 1. The number of halogens is 1. The molecule has 0 radical (unpaired) electrons. The van der Waals surface area contributed by atoms with Crippen LogP contribution in [0.3, 0.4) is 0 Å². The van der Waals surface area contributed by atoms with E-state index >= 15 is 0 Å². The van der Waals surface area contributed by atoms with Crippen LogP contribution >= 0.6 is 11.6 Å². The summed E-state index contributed by atoms with van der Waals surface area (Å²) in [5.41, 5.74) is 2.09. The van der Waals surface area contributed by atoms with Crippen LogP contribution in [0.25, 0.3) is 0 Å². The summed E-state index contributed by atoms with van der Waals surface area (Å²) in [4.78, 5) is 16.7. The molecule has 3 rings (SSSR count). The Morgan fingerprint density at radius 2 is 1.85 bits per heavy atom. The van der Waals surface area contributed by atoms with Crippen molar-refractivity contribution in [2.24, 2.45) is 0 Å². The fraction of sp³-hybridized carbons (Fsp3) is 0.238. The van der Waals surface area contributed by atoms with E-state index in [1.807, 2.05) is 67.0 Å². The number of benzene rings is 1. The van der Waals surface area contributed by atoms with Crippen molar-refractivity contribution in [3.8, 4) is 0 Å². The molecule has 5 heteroatoms. The van der Waals surface area contributed by atoms with Gasteiger partial charge in [0, 0.05) is 61.2 Å². The van der Waals surface area contributed by atoms with Gasteiger partial charge in [0.1, 0.15) is 0 Å². The van der Waals surface area contributed by atoms with Crippen LogP contribution in [0.4, 0.5) is 0 Å². The van der Waals surface area contributed by atoms with Gasteiger partial charge in [-0.15, -0.1) is 0 Å². The molecule has 134 valence electrons. The van der Waals surface area contributed by atoms with Gasteiger partial charge >= 0.3 is 0 Å². The van der Waals surface area contributed by atoms with Crippen LogP contribution in [0.2, 0.25) is 5.02 Å². The maximum absolute atomic E-state index is 12.4. The second-order valence-electron chi connectivity index (χ2n) is 6.25. The Hall–Kier alpha value is -2.59. The summed E-state index contributed by atoms with van der Waals surface area (Å²) < 4.78 is 2.10. The number of nitrogens with one attached hydrogen (secondary N) is 1. The van der Waals surface area contributed by atoms with Crippen molar-refractivity contribution in [2.75, 3.05) is 6.54 Å². The van der Waals surface area contributed by atoms with E-state index in [0.29, 0.717) is 18.0 Å². The predicted octanol–water partition coefficient (Wildman–Crippen LogP) is 4.07. The van der Waals surface area contributed by atoms with Crippen LogP contribution in [0.5, 0.6) is 0 Å². The molecule has 26 heavy (non-hydrogen) atoms. The molecule has 2 heterocycles. The second-order valence-corrected chi connectivity index (χ2v) is 6.69. The maximum atomic E-state index is 12.4. The SMILES string of the molecule is O=C(C[C@H](Cn1cccc1)c1ccc(Cl)cc1)NCCc1ccccn1. The topological polar surface area (TPSA) is 46.9 Å². The number of hydrogen-bond donors (Lipinski definition) is 1. The molecular formula is C21H22ClN3O. The predicted molar refractivity (Wildman–Crippen MR) is 104 cm³/mol. The first kappa shape index (κ1) is 18.2. The van der Waals surface area contributed by atoms with Gasteiger partial charge in [-0.3, -0.25) is 9.78 Å². The number of nitrogens with zero attached hydrogens (tertiary/aromatic N) is 2. The lowest BCUT2D eigenvalue weighted by Gasteiger charge is -2.18. The third-order valence-electron chi connectivity index (χ3n) is 4.30. The zero-order chi connectivity index (χ0) is 18.2. The first-order chi connectivity index (χ1) is 12.7. The van der Waals surface area contributed by atoms with Gasteiger partial charge in [-0.05, 0) is 42.0 Å². The standard InChI is InChI=1S/C21H22ClN3O/c22-19-8-6-17(7-9-19)18(16-25-13-3-4-14-25)15-21(26)24-12-10-20-5-1-2-11-23-20/h1-9,11,13-14,18H,10,12,15-16H2,(H,24,26)/t18-/m1/s1. The second kappa shape index (κ2) is 9.20. The van der Waals surface area contributed by atoms with Gasteiger partial charge < -0.3 is 9.88 Å². The summed E-state index contributed by atoms with van der Waals surface area (Å²) in [6.07, 6.45) is 6.96. The Kier molecular flexibility index (Phi) is 6.45. The molecule has 0 spiro atoms. The van der Waals surface area contributed by atoms with Crippen molar-refractivity contribution >= 4 is 17.5 Å². The van der Waals surface area contributed by atoms with Gasteiger partial charge in [0.25, 0.3) is 0 Å². The zero-order valence-corrected chi connectivity index (χ0v) is 15.3. The molecule has 2 aromatic heterocycles. The number of aromatic nitrogens is 2. The van der Waals surface area contributed by atoms with Crippen LogP contribution < -0.4 is 5.32 Å². The highest BCUT2D eigenvalue weighted by molar-refractivity contribution is 6.30. The van der Waals surface area contributed by atoms with Crippen LogP contribution in [-0.4, -0.2) is 22.0 Å². The van der Waals surface area contributed by atoms with Gasteiger partial charge in [-0.25, -0.2) is 0 Å².